The number of carbonyl (C=O) groups is 1. The van der Waals surface area contributed by atoms with E-state index in [0.29, 0.717) is 5.75 Å². The number of aryl methyl sites for hydroxylation is 1. The van der Waals surface area contributed by atoms with Gasteiger partial charge in [0.1, 0.15) is 11.5 Å². The first kappa shape index (κ1) is 18.1. The topological polar surface area (TPSA) is 35.5 Å². The quantitative estimate of drug-likeness (QED) is 0.545. The lowest BCUT2D eigenvalue weighted by Gasteiger charge is -2.15. The van der Waals surface area contributed by atoms with Crippen LogP contribution in [-0.4, -0.2) is 24.9 Å². The molecule has 1 aliphatic rings. The van der Waals surface area contributed by atoms with Crippen LogP contribution in [0, 0.1) is 5.92 Å². The summed E-state index contributed by atoms with van der Waals surface area (Å²) in [5.41, 5.74) is 1.90. The molecule has 0 fully saturated rings. The number of carbonyl (C=O) groups excluding carboxylic acids is 1. The fraction of sp³-hybridized carbons (Fsp3) is 0.300. The maximum absolute atomic E-state index is 12.4. The van der Waals surface area contributed by atoms with E-state index in [1.54, 1.807) is 38.5 Å². The number of benzene rings is 1. The second kappa shape index (κ2) is 8.60. The Labute approximate surface area is 148 Å². The summed E-state index contributed by atoms with van der Waals surface area (Å²) in [5, 5.41) is 0. The molecular weight excluding hydrogens is 320 g/mol. The molecule has 0 heterocycles. The smallest absolute Gasteiger partial charge is 0.166 e. The second-order valence-corrected chi connectivity index (χ2v) is 5.98. The number of ketones is 1. The summed E-state index contributed by atoms with van der Waals surface area (Å²) < 4.78 is 11.0. The van der Waals surface area contributed by atoms with E-state index in [1.165, 1.54) is 0 Å². The van der Waals surface area contributed by atoms with Crippen molar-refractivity contribution in [2.75, 3.05) is 14.2 Å². The van der Waals surface area contributed by atoms with Gasteiger partial charge in [0, 0.05) is 4.86 Å². The van der Waals surface area contributed by atoms with Crippen molar-refractivity contribution in [3.63, 3.8) is 0 Å². The van der Waals surface area contributed by atoms with E-state index in [-0.39, 0.29) is 11.7 Å². The van der Waals surface area contributed by atoms with Crippen LogP contribution in [0.25, 0.3) is 6.08 Å². The fourth-order valence-electron chi connectivity index (χ4n) is 2.65. The summed E-state index contributed by atoms with van der Waals surface area (Å²) in [6.45, 7) is 2.12. The van der Waals surface area contributed by atoms with E-state index in [9.17, 15) is 4.79 Å². The van der Waals surface area contributed by atoms with Crippen LogP contribution in [0.1, 0.15) is 24.5 Å². The van der Waals surface area contributed by atoms with Crippen molar-refractivity contribution >= 4 is 28.9 Å². The predicted molar refractivity (Wildman–Crippen MR) is 102 cm³/mol. The molecule has 0 aromatic heterocycles. The average Bonchev–Trinajstić information content (AvgIpc) is 2.60. The standard InChI is InChI=1S/C20H22O3S/c1-4-5-15-8-13-19(22-2)17(20(15)23-3)11-12-18(21)14-6-9-16(24)10-7-14/h6-14H,4-5H2,1-3H3/b12-11+. The van der Waals surface area contributed by atoms with Gasteiger partial charge >= 0.3 is 0 Å². The van der Waals surface area contributed by atoms with Crippen molar-refractivity contribution in [3.8, 4) is 11.5 Å². The summed E-state index contributed by atoms with van der Waals surface area (Å²) in [5.74, 6) is 1.17. The van der Waals surface area contributed by atoms with Crippen LogP contribution in [0.4, 0.5) is 0 Å². The lowest BCUT2D eigenvalue weighted by molar-refractivity contribution is -0.115. The Hall–Kier alpha value is -2.20. The van der Waals surface area contributed by atoms with Gasteiger partial charge in [-0.2, -0.15) is 0 Å². The second-order valence-electron chi connectivity index (χ2n) is 5.51. The minimum Gasteiger partial charge on any atom is -0.496 e. The molecule has 3 nitrogen and oxygen atoms in total. The van der Waals surface area contributed by atoms with Crippen molar-refractivity contribution < 1.29 is 14.3 Å². The van der Waals surface area contributed by atoms with Crippen LogP contribution in [0.2, 0.25) is 0 Å². The molecule has 24 heavy (non-hydrogen) atoms. The van der Waals surface area contributed by atoms with E-state index in [1.807, 2.05) is 24.3 Å². The maximum Gasteiger partial charge on any atom is 0.166 e. The Bertz CT molecular complexity index is 698. The highest BCUT2D eigenvalue weighted by atomic mass is 32.1. The van der Waals surface area contributed by atoms with E-state index >= 15 is 0 Å². The van der Waals surface area contributed by atoms with Crippen LogP contribution in [0.5, 0.6) is 11.5 Å². The molecule has 1 aliphatic carbocycles. The largest absolute Gasteiger partial charge is 0.496 e. The first-order valence-corrected chi connectivity index (χ1v) is 8.37. The summed E-state index contributed by atoms with van der Waals surface area (Å²) in [6, 6.07) is 3.92. The monoisotopic (exact) mass is 342 g/mol. The molecule has 0 atom stereocenters. The molecule has 0 aliphatic heterocycles. The lowest BCUT2D eigenvalue weighted by Crippen LogP contribution is -2.09. The highest BCUT2D eigenvalue weighted by Crippen LogP contribution is 2.34. The number of methoxy groups -OCH3 is 2. The van der Waals surface area contributed by atoms with Crippen molar-refractivity contribution in [3.05, 3.63) is 53.6 Å². The molecule has 0 radical (unpaired) electrons. The average molecular weight is 342 g/mol. The fourth-order valence-corrected chi connectivity index (χ4v) is 2.81. The van der Waals surface area contributed by atoms with Gasteiger partial charge in [0.25, 0.3) is 0 Å². The minimum atomic E-state index is -0.274. The highest BCUT2D eigenvalue weighted by molar-refractivity contribution is 7.81. The molecule has 0 N–H and O–H groups in total. The van der Waals surface area contributed by atoms with Gasteiger partial charge in [0.15, 0.2) is 5.78 Å². The Kier molecular flexibility index (Phi) is 6.50. The zero-order valence-electron chi connectivity index (χ0n) is 14.2. The third-order valence-electron chi connectivity index (χ3n) is 3.86. The molecule has 1 aromatic carbocycles. The number of ether oxygens (including phenoxy) is 2. The first-order valence-electron chi connectivity index (χ1n) is 7.96. The van der Waals surface area contributed by atoms with E-state index in [2.05, 4.69) is 6.92 Å². The van der Waals surface area contributed by atoms with Crippen LogP contribution in [0.15, 0.2) is 42.5 Å². The van der Waals surface area contributed by atoms with Crippen molar-refractivity contribution in [2.45, 2.75) is 19.8 Å². The third kappa shape index (κ3) is 4.20. The van der Waals surface area contributed by atoms with Crippen molar-refractivity contribution in [2.24, 2.45) is 5.92 Å². The Balaban J connectivity index is 2.31. The molecular formula is C20H22O3S. The summed E-state index contributed by atoms with van der Waals surface area (Å²) >= 11 is 5.06. The Morgan fingerprint density at radius 3 is 2.50 bits per heavy atom. The Morgan fingerprint density at radius 2 is 1.92 bits per heavy atom. The van der Waals surface area contributed by atoms with Gasteiger partial charge in [0.05, 0.1) is 25.7 Å². The molecule has 4 heteroatoms. The van der Waals surface area contributed by atoms with E-state index in [4.69, 9.17) is 21.7 Å². The molecule has 0 saturated heterocycles. The molecule has 2 rings (SSSR count). The van der Waals surface area contributed by atoms with Gasteiger partial charge in [-0.1, -0.05) is 43.8 Å². The molecule has 126 valence electrons. The number of allylic oxidation sites excluding steroid dienone is 5. The maximum atomic E-state index is 12.4. The minimum absolute atomic E-state index is 0.00463. The molecule has 0 bridgehead atoms. The van der Waals surface area contributed by atoms with Gasteiger partial charge in [-0.3, -0.25) is 4.79 Å². The van der Waals surface area contributed by atoms with E-state index in [0.717, 1.165) is 34.6 Å². The van der Waals surface area contributed by atoms with Gasteiger partial charge in [-0.15, -0.1) is 0 Å². The number of hydrogen-bond donors (Lipinski definition) is 0. The number of hydrogen-bond acceptors (Lipinski definition) is 4. The zero-order chi connectivity index (χ0) is 17.5. The number of thiocarbonyl (C=S) groups is 1. The third-order valence-corrected chi connectivity index (χ3v) is 4.13. The van der Waals surface area contributed by atoms with Crippen molar-refractivity contribution in [1.82, 2.24) is 0 Å². The summed E-state index contributed by atoms with van der Waals surface area (Å²) in [4.78, 5) is 13.1. The molecule has 0 saturated carbocycles. The molecule has 0 unspecified atom stereocenters. The van der Waals surface area contributed by atoms with Gasteiger partial charge < -0.3 is 9.47 Å². The van der Waals surface area contributed by atoms with E-state index < -0.39 is 0 Å². The van der Waals surface area contributed by atoms with Crippen LogP contribution < -0.4 is 9.47 Å². The summed E-state index contributed by atoms with van der Waals surface area (Å²) in [7, 11) is 3.25. The molecule has 1 aromatic rings. The summed E-state index contributed by atoms with van der Waals surface area (Å²) in [6.07, 6.45) is 12.5. The van der Waals surface area contributed by atoms with Gasteiger partial charge in [-0.05, 0) is 42.4 Å². The van der Waals surface area contributed by atoms with Gasteiger partial charge in [-0.25, -0.2) is 0 Å². The van der Waals surface area contributed by atoms with Crippen LogP contribution in [0.3, 0.4) is 0 Å². The zero-order valence-corrected chi connectivity index (χ0v) is 15.1. The predicted octanol–water partition coefficient (Wildman–Crippen LogP) is 4.35. The molecule has 0 amide bonds. The van der Waals surface area contributed by atoms with Crippen LogP contribution in [-0.2, 0) is 11.2 Å². The Morgan fingerprint density at radius 1 is 1.21 bits per heavy atom. The highest BCUT2D eigenvalue weighted by Gasteiger charge is 2.15. The first-order chi connectivity index (χ1) is 11.6. The SMILES string of the molecule is CCCc1ccc(OC)c(/C=C/C(=O)C2C=CC(=S)C=C2)c1OC. The van der Waals surface area contributed by atoms with Gasteiger partial charge in [0.2, 0.25) is 0 Å². The molecule has 0 spiro atoms. The normalized spacial score (nSPS) is 14.4. The number of rotatable bonds is 7. The van der Waals surface area contributed by atoms with Crippen LogP contribution >= 0.6 is 12.2 Å². The van der Waals surface area contributed by atoms with Crippen molar-refractivity contribution in [1.29, 1.82) is 0 Å². The lowest BCUT2D eigenvalue weighted by atomic mass is 9.97.